The molecule has 0 spiro atoms. The summed E-state index contributed by atoms with van der Waals surface area (Å²) in [7, 11) is 0. The van der Waals surface area contributed by atoms with Crippen molar-refractivity contribution in [3.8, 4) is 0 Å². The lowest BCUT2D eigenvalue weighted by Crippen LogP contribution is -2.30. The highest BCUT2D eigenvalue weighted by molar-refractivity contribution is 5.71. The summed E-state index contributed by atoms with van der Waals surface area (Å²) in [5, 5.41) is 0. The third kappa shape index (κ3) is 41.6. The summed E-state index contributed by atoms with van der Waals surface area (Å²) in [5.74, 6) is 1.53. The van der Waals surface area contributed by atoms with Crippen LogP contribution in [0, 0.1) is 17.8 Å². The van der Waals surface area contributed by atoms with Crippen LogP contribution in [0.1, 0.15) is 253 Å². The number of hydrogen-bond donors (Lipinski definition) is 0. The van der Waals surface area contributed by atoms with E-state index in [2.05, 4.69) is 41.5 Å². The molecule has 0 aromatic heterocycles. The molecule has 6 heteroatoms. The molecule has 0 amide bonds. The number of unbranched alkanes of at least 4 members (excludes halogenated alkanes) is 24. The third-order valence-electron chi connectivity index (χ3n) is 10.6. The van der Waals surface area contributed by atoms with Gasteiger partial charge in [-0.2, -0.15) is 0 Å². The molecule has 0 unspecified atom stereocenters. The molecule has 0 aliphatic heterocycles. The second-order valence-electron chi connectivity index (χ2n) is 17.8. The summed E-state index contributed by atoms with van der Waals surface area (Å²) >= 11 is 0. The van der Waals surface area contributed by atoms with Gasteiger partial charge in [0.1, 0.15) is 13.2 Å². The van der Waals surface area contributed by atoms with Crippen molar-refractivity contribution in [3.05, 3.63) is 0 Å². The van der Waals surface area contributed by atoms with Crippen molar-refractivity contribution < 1.29 is 28.6 Å². The SMILES string of the molecule is CC(C)CCCCCCCCCCCCCCCC(=O)OC[C@H](COC(=O)CCCCCCCCCCC(C)C)OC(=O)CCCCCCCCC(C)C. The molecule has 54 heavy (non-hydrogen) atoms. The number of esters is 3. The number of hydrogen-bond acceptors (Lipinski definition) is 6. The van der Waals surface area contributed by atoms with Crippen LogP contribution < -0.4 is 0 Å². The van der Waals surface area contributed by atoms with Crippen LogP contribution >= 0.6 is 0 Å². The zero-order valence-corrected chi connectivity index (χ0v) is 37.0. The van der Waals surface area contributed by atoms with Crippen LogP contribution in [-0.4, -0.2) is 37.2 Å². The van der Waals surface area contributed by atoms with Crippen LogP contribution in [0.25, 0.3) is 0 Å². The molecule has 1 atom stereocenters. The summed E-state index contributed by atoms with van der Waals surface area (Å²) < 4.78 is 16.7. The Kier molecular flexibility index (Phi) is 38.5. The van der Waals surface area contributed by atoms with E-state index >= 15 is 0 Å². The van der Waals surface area contributed by atoms with Gasteiger partial charge in [0.15, 0.2) is 6.10 Å². The van der Waals surface area contributed by atoms with Gasteiger partial charge in [-0.05, 0) is 37.0 Å². The fourth-order valence-corrected chi connectivity index (χ4v) is 7.06. The first kappa shape index (κ1) is 52.4. The standard InChI is InChI=1S/C48H92O6/c1-42(2)34-28-22-16-12-10-8-7-9-11-13-18-25-31-37-46(49)52-40-45(54-48(51)39-33-27-21-20-24-30-36-44(5)6)41-53-47(50)38-32-26-19-15-14-17-23-29-35-43(3)4/h42-45H,7-41H2,1-6H3/t45-/m1/s1. The molecule has 0 aliphatic rings. The molecule has 0 heterocycles. The number of carbonyl (C=O) groups excluding carboxylic acids is 3. The Morgan fingerprint density at radius 2 is 0.537 bits per heavy atom. The number of carbonyl (C=O) groups is 3. The molecule has 0 radical (unpaired) electrons. The lowest BCUT2D eigenvalue weighted by atomic mass is 10.0. The minimum absolute atomic E-state index is 0.0666. The van der Waals surface area contributed by atoms with Gasteiger partial charge in [0.2, 0.25) is 0 Å². The second kappa shape index (κ2) is 39.6. The molecule has 0 aliphatic carbocycles. The second-order valence-corrected chi connectivity index (χ2v) is 17.8. The molecule has 0 saturated heterocycles. The third-order valence-corrected chi connectivity index (χ3v) is 10.6. The van der Waals surface area contributed by atoms with E-state index in [1.165, 1.54) is 135 Å². The monoisotopic (exact) mass is 765 g/mol. The Morgan fingerprint density at radius 1 is 0.315 bits per heavy atom. The average molecular weight is 765 g/mol. The van der Waals surface area contributed by atoms with Crippen molar-refractivity contribution in [2.24, 2.45) is 17.8 Å². The minimum atomic E-state index is -0.762. The fourth-order valence-electron chi connectivity index (χ4n) is 7.06. The maximum absolute atomic E-state index is 12.7. The van der Waals surface area contributed by atoms with Crippen molar-refractivity contribution in [2.45, 2.75) is 260 Å². The van der Waals surface area contributed by atoms with Gasteiger partial charge < -0.3 is 14.2 Å². The molecule has 0 bridgehead atoms. The van der Waals surface area contributed by atoms with E-state index in [0.29, 0.717) is 19.3 Å². The van der Waals surface area contributed by atoms with E-state index in [1.54, 1.807) is 0 Å². The molecule has 0 fully saturated rings. The zero-order valence-electron chi connectivity index (χ0n) is 37.0. The normalized spacial score (nSPS) is 12.2. The highest BCUT2D eigenvalue weighted by atomic mass is 16.6. The van der Waals surface area contributed by atoms with Gasteiger partial charge in [-0.3, -0.25) is 14.4 Å². The maximum Gasteiger partial charge on any atom is 0.306 e. The summed E-state index contributed by atoms with van der Waals surface area (Å²) in [6.07, 6.45) is 36.8. The molecule has 0 N–H and O–H groups in total. The van der Waals surface area contributed by atoms with Crippen LogP contribution in [0.3, 0.4) is 0 Å². The van der Waals surface area contributed by atoms with Crippen LogP contribution in [-0.2, 0) is 28.6 Å². The molecule has 0 rings (SSSR count). The van der Waals surface area contributed by atoms with Gasteiger partial charge in [0.05, 0.1) is 0 Å². The Morgan fingerprint density at radius 3 is 0.796 bits per heavy atom. The molecular formula is C48H92O6. The summed E-state index contributed by atoms with van der Waals surface area (Å²) in [6, 6.07) is 0. The molecule has 0 aromatic rings. The van der Waals surface area contributed by atoms with E-state index < -0.39 is 6.10 Å². The largest absolute Gasteiger partial charge is 0.462 e. The molecule has 0 aromatic carbocycles. The first-order valence-electron chi connectivity index (χ1n) is 23.6. The van der Waals surface area contributed by atoms with Crippen molar-refractivity contribution in [1.82, 2.24) is 0 Å². The average Bonchev–Trinajstić information content (AvgIpc) is 3.12. The predicted octanol–water partition coefficient (Wildman–Crippen LogP) is 14.8. The zero-order chi connectivity index (χ0) is 39.9. The molecule has 6 nitrogen and oxygen atoms in total. The van der Waals surface area contributed by atoms with Gasteiger partial charge in [-0.15, -0.1) is 0 Å². The van der Waals surface area contributed by atoms with Crippen LogP contribution in [0.4, 0.5) is 0 Å². The number of ether oxygens (including phenoxy) is 3. The Balaban J connectivity index is 4.27. The maximum atomic E-state index is 12.7. The van der Waals surface area contributed by atoms with Crippen LogP contribution in [0.5, 0.6) is 0 Å². The van der Waals surface area contributed by atoms with Crippen molar-refractivity contribution >= 4 is 17.9 Å². The first-order chi connectivity index (χ1) is 26.1. The van der Waals surface area contributed by atoms with Gasteiger partial charge >= 0.3 is 17.9 Å². The van der Waals surface area contributed by atoms with Crippen molar-refractivity contribution in [2.75, 3.05) is 13.2 Å². The lowest BCUT2D eigenvalue weighted by molar-refractivity contribution is -0.167. The summed E-state index contributed by atoms with van der Waals surface area (Å²) in [4.78, 5) is 37.7. The van der Waals surface area contributed by atoms with E-state index in [0.717, 1.165) is 75.5 Å². The van der Waals surface area contributed by atoms with Crippen LogP contribution in [0.15, 0.2) is 0 Å². The molecule has 0 saturated carbocycles. The highest BCUT2D eigenvalue weighted by Crippen LogP contribution is 2.17. The van der Waals surface area contributed by atoms with E-state index in [1.807, 2.05) is 0 Å². The van der Waals surface area contributed by atoms with Gasteiger partial charge in [0, 0.05) is 19.3 Å². The summed E-state index contributed by atoms with van der Waals surface area (Å²) in [6.45, 7) is 13.6. The lowest BCUT2D eigenvalue weighted by Gasteiger charge is -2.18. The fraction of sp³-hybridized carbons (Fsp3) is 0.938. The first-order valence-corrected chi connectivity index (χ1v) is 23.6. The van der Waals surface area contributed by atoms with E-state index in [-0.39, 0.29) is 31.1 Å². The molecular weight excluding hydrogens is 673 g/mol. The van der Waals surface area contributed by atoms with Crippen LogP contribution in [0.2, 0.25) is 0 Å². The topological polar surface area (TPSA) is 78.9 Å². The van der Waals surface area contributed by atoms with Gasteiger partial charge in [-0.25, -0.2) is 0 Å². The summed E-state index contributed by atoms with van der Waals surface area (Å²) in [5.41, 5.74) is 0. The smallest absolute Gasteiger partial charge is 0.306 e. The van der Waals surface area contributed by atoms with Crippen molar-refractivity contribution in [3.63, 3.8) is 0 Å². The van der Waals surface area contributed by atoms with Crippen molar-refractivity contribution in [1.29, 1.82) is 0 Å². The quantitative estimate of drug-likeness (QED) is 0.0350. The Bertz CT molecular complexity index is 837. The van der Waals surface area contributed by atoms with Gasteiger partial charge in [-0.1, -0.05) is 215 Å². The minimum Gasteiger partial charge on any atom is -0.462 e. The van der Waals surface area contributed by atoms with Gasteiger partial charge in [0.25, 0.3) is 0 Å². The van der Waals surface area contributed by atoms with E-state index in [9.17, 15) is 14.4 Å². The predicted molar refractivity (Wildman–Crippen MR) is 229 cm³/mol. The Labute approximate surface area is 336 Å². The highest BCUT2D eigenvalue weighted by Gasteiger charge is 2.19. The molecule has 320 valence electrons. The Hall–Kier alpha value is -1.59. The number of rotatable bonds is 41. The van der Waals surface area contributed by atoms with E-state index in [4.69, 9.17) is 14.2 Å².